The van der Waals surface area contributed by atoms with Crippen molar-refractivity contribution < 1.29 is 14.3 Å². The van der Waals surface area contributed by atoms with Crippen molar-refractivity contribution in [1.29, 1.82) is 0 Å². The Balaban J connectivity index is 2.25. The van der Waals surface area contributed by atoms with Crippen LogP contribution in [-0.2, 0) is 14.3 Å². The van der Waals surface area contributed by atoms with Gasteiger partial charge in [-0.15, -0.1) is 0 Å². The zero-order chi connectivity index (χ0) is 12.7. The van der Waals surface area contributed by atoms with Gasteiger partial charge < -0.3 is 14.4 Å². The molecule has 0 aromatic carbocycles. The van der Waals surface area contributed by atoms with Gasteiger partial charge in [-0.1, -0.05) is 0 Å². The Morgan fingerprint density at radius 1 is 1.59 bits per heavy atom. The van der Waals surface area contributed by atoms with Crippen molar-refractivity contribution in [2.75, 3.05) is 33.4 Å². The van der Waals surface area contributed by atoms with E-state index in [9.17, 15) is 4.79 Å². The van der Waals surface area contributed by atoms with Crippen LogP contribution in [-0.4, -0.2) is 50.3 Å². The van der Waals surface area contributed by atoms with Gasteiger partial charge in [-0.05, 0) is 39.7 Å². The number of carbonyl (C=O) groups excluding carboxylic acids is 1. The SMILES string of the molecule is CCOC(=O)CC(C)N(C)CC1CCCOC1. The van der Waals surface area contributed by atoms with Crippen molar-refractivity contribution >= 4 is 5.97 Å². The smallest absolute Gasteiger partial charge is 0.307 e. The lowest BCUT2D eigenvalue weighted by atomic mass is 10.0. The quantitative estimate of drug-likeness (QED) is 0.665. The maximum Gasteiger partial charge on any atom is 0.307 e. The first-order valence-electron chi connectivity index (χ1n) is 6.57. The van der Waals surface area contributed by atoms with Gasteiger partial charge in [0.1, 0.15) is 0 Å². The molecule has 0 spiro atoms. The van der Waals surface area contributed by atoms with Crippen molar-refractivity contribution in [1.82, 2.24) is 4.90 Å². The molecule has 1 saturated heterocycles. The Hall–Kier alpha value is -0.610. The van der Waals surface area contributed by atoms with Crippen LogP contribution in [0.4, 0.5) is 0 Å². The zero-order valence-corrected chi connectivity index (χ0v) is 11.3. The molecule has 1 fully saturated rings. The highest BCUT2D eigenvalue weighted by Crippen LogP contribution is 2.16. The third kappa shape index (κ3) is 5.50. The fourth-order valence-electron chi connectivity index (χ4n) is 2.16. The molecule has 100 valence electrons. The summed E-state index contributed by atoms with van der Waals surface area (Å²) < 4.78 is 10.4. The van der Waals surface area contributed by atoms with Crippen molar-refractivity contribution in [3.05, 3.63) is 0 Å². The summed E-state index contributed by atoms with van der Waals surface area (Å²) in [5, 5.41) is 0. The van der Waals surface area contributed by atoms with E-state index in [-0.39, 0.29) is 12.0 Å². The van der Waals surface area contributed by atoms with Crippen molar-refractivity contribution in [2.45, 2.75) is 39.2 Å². The van der Waals surface area contributed by atoms with E-state index in [1.165, 1.54) is 6.42 Å². The number of hydrogen-bond donors (Lipinski definition) is 0. The largest absolute Gasteiger partial charge is 0.466 e. The monoisotopic (exact) mass is 243 g/mol. The van der Waals surface area contributed by atoms with Crippen LogP contribution in [0.2, 0.25) is 0 Å². The van der Waals surface area contributed by atoms with Gasteiger partial charge in [-0.25, -0.2) is 0 Å². The predicted molar refractivity (Wildman–Crippen MR) is 66.9 cm³/mol. The van der Waals surface area contributed by atoms with Crippen LogP contribution in [0.25, 0.3) is 0 Å². The van der Waals surface area contributed by atoms with E-state index in [0.717, 1.165) is 26.2 Å². The summed E-state index contributed by atoms with van der Waals surface area (Å²) in [4.78, 5) is 13.6. The lowest BCUT2D eigenvalue weighted by molar-refractivity contribution is -0.144. The highest BCUT2D eigenvalue weighted by atomic mass is 16.5. The van der Waals surface area contributed by atoms with Gasteiger partial charge in [0.25, 0.3) is 0 Å². The van der Waals surface area contributed by atoms with Gasteiger partial charge in [-0.3, -0.25) is 4.79 Å². The Bertz CT molecular complexity index is 227. The molecule has 2 unspecified atom stereocenters. The lowest BCUT2D eigenvalue weighted by Crippen LogP contribution is -2.37. The first-order valence-corrected chi connectivity index (χ1v) is 6.57. The second kappa shape index (κ2) is 7.67. The average molecular weight is 243 g/mol. The van der Waals surface area contributed by atoms with E-state index in [4.69, 9.17) is 9.47 Å². The second-order valence-electron chi connectivity index (χ2n) is 4.88. The van der Waals surface area contributed by atoms with Crippen molar-refractivity contribution in [3.63, 3.8) is 0 Å². The van der Waals surface area contributed by atoms with E-state index in [1.54, 1.807) is 0 Å². The molecule has 1 rings (SSSR count). The number of rotatable bonds is 6. The highest BCUT2D eigenvalue weighted by molar-refractivity contribution is 5.69. The maximum atomic E-state index is 11.4. The summed E-state index contributed by atoms with van der Waals surface area (Å²) in [5.41, 5.74) is 0. The number of nitrogens with zero attached hydrogens (tertiary/aromatic N) is 1. The number of esters is 1. The molecule has 1 aliphatic heterocycles. The Labute approximate surface area is 104 Å². The lowest BCUT2D eigenvalue weighted by Gasteiger charge is -2.30. The van der Waals surface area contributed by atoms with E-state index in [0.29, 0.717) is 18.9 Å². The van der Waals surface area contributed by atoms with Crippen LogP contribution in [0.3, 0.4) is 0 Å². The topological polar surface area (TPSA) is 38.8 Å². The molecule has 0 saturated carbocycles. The summed E-state index contributed by atoms with van der Waals surface area (Å²) >= 11 is 0. The standard InChI is InChI=1S/C13H25NO3/c1-4-17-13(15)8-11(2)14(3)9-12-6-5-7-16-10-12/h11-12H,4-10H2,1-3H3. The second-order valence-corrected chi connectivity index (χ2v) is 4.88. The number of ether oxygens (including phenoxy) is 2. The van der Waals surface area contributed by atoms with E-state index >= 15 is 0 Å². The first-order chi connectivity index (χ1) is 8.13. The normalized spacial score (nSPS) is 22.5. The molecule has 4 heteroatoms. The summed E-state index contributed by atoms with van der Waals surface area (Å²) in [6.07, 6.45) is 2.86. The third-order valence-corrected chi connectivity index (χ3v) is 3.32. The maximum absolute atomic E-state index is 11.4. The molecule has 0 N–H and O–H groups in total. The van der Waals surface area contributed by atoms with E-state index < -0.39 is 0 Å². The van der Waals surface area contributed by atoms with Gasteiger partial charge in [0.2, 0.25) is 0 Å². The molecule has 0 aromatic heterocycles. The highest BCUT2D eigenvalue weighted by Gasteiger charge is 2.20. The van der Waals surface area contributed by atoms with Crippen molar-refractivity contribution in [3.8, 4) is 0 Å². The molecule has 0 bridgehead atoms. The molecule has 2 atom stereocenters. The van der Waals surface area contributed by atoms with Crippen LogP contribution >= 0.6 is 0 Å². The molecular formula is C13H25NO3. The van der Waals surface area contributed by atoms with Gasteiger partial charge in [0, 0.05) is 19.2 Å². The average Bonchev–Trinajstić information content (AvgIpc) is 2.30. The van der Waals surface area contributed by atoms with E-state index in [1.807, 2.05) is 6.92 Å². The van der Waals surface area contributed by atoms with Crippen LogP contribution in [0.1, 0.15) is 33.1 Å². The van der Waals surface area contributed by atoms with Crippen LogP contribution in [0, 0.1) is 5.92 Å². The van der Waals surface area contributed by atoms with Crippen LogP contribution < -0.4 is 0 Å². The molecular weight excluding hydrogens is 218 g/mol. The minimum Gasteiger partial charge on any atom is -0.466 e. The van der Waals surface area contributed by atoms with E-state index in [2.05, 4.69) is 18.9 Å². The van der Waals surface area contributed by atoms with Gasteiger partial charge in [-0.2, -0.15) is 0 Å². The van der Waals surface area contributed by atoms with Gasteiger partial charge >= 0.3 is 5.97 Å². The molecule has 1 aliphatic rings. The first kappa shape index (κ1) is 14.5. The fraction of sp³-hybridized carbons (Fsp3) is 0.923. The summed E-state index contributed by atoms with van der Waals surface area (Å²) in [6.45, 7) is 7.13. The Morgan fingerprint density at radius 2 is 2.35 bits per heavy atom. The number of hydrogen-bond acceptors (Lipinski definition) is 4. The fourth-order valence-corrected chi connectivity index (χ4v) is 2.16. The van der Waals surface area contributed by atoms with Crippen LogP contribution in [0.15, 0.2) is 0 Å². The summed E-state index contributed by atoms with van der Waals surface area (Å²) in [7, 11) is 2.07. The van der Waals surface area contributed by atoms with Gasteiger partial charge in [0.15, 0.2) is 0 Å². The molecule has 4 nitrogen and oxygen atoms in total. The van der Waals surface area contributed by atoms with Gasteiger partial charge in [0.05, 0.1) is 19.6 Å². The molecule has 0 radical (unpaired) electrons. The summed E-state index contributed by atoms with van der Waals surface area (Å²) in [5.74, 6) is 0.505. The molecule has 17 heavy (non-hydrogen) atoms. The number of carbonyl (C=O) groups is 1. The van der Waals surface area contributed by atoms with Crippen molar-refractivity contribution in [2.24, 2.45) is 5.92 Å². The molecule has 0 amide bonds. The Kier molecular flexibility index (Phi) is 6.52. The predicted octanol–water partition coefficient (Wildman–Crippen LogP) is 1.69. The summed E-state index contributed by atoms with van der Waals surface area (Å²) in [6, 6.07) is 0.232. The molecule has 0 aliphatic carbocycles. The minimum atomic E-state index is -0.105. The minimum absolute atomic E-state index is 0.105. The zero-order valence-electron chi connectivity index (χ0n) is 11.3. The Morgan fingerprint density at radius 3 is 2.94 bits per heavy atom. The van der Waals surface area contributed by atoms with Crippen LogP contribution in [0.5, 0.6) is 0 Å². The molecule has 0 aromatic rings. The molecule has 1 heterocycles. The third-order valence-electron chi connectivity index (χ3n) is 3.32.